The van der Waals surface area contributed by atoms with E-state index >= 15 is 0 Å². The molecule has 2 rings (SSSR count). The van der Waals surface area contributed by atoms with Crippen LogP contribution in [0.3, 0.4) is 0 Å². The van der Waals surface area contributed by atoms with E-state index in [-0.39, 0.29) is 6.23 Å². The summed E-state index contributed by atoms with van der Waals surface area (Å²) in [6, 6.07) is 0. The first-order valence-electron chi connectivity index (χ1n) is 2.64. The van der Waals surface area contributed by atoms with Crippen LogP contribution in [0.15, 0.2) is 4.99 Å². The molecular weight excluding hydrogens is 90.1 g/mol. The molecule has 2 unspecified atom stereocenters. The van der Waals surface area contributed by atoms with Crippen LogP contribution in [0.1, 0.15) is 12.8 Å². The van der Waals surface area contributed by atoms with Gasteiger partial charge in [-0.1, -0.05) is 0 Å². The molecule has 0 N–H and O–H groups in total. The first-order valence-corrected chi connectivity index (χ1v) is 2.64. The number of rotatable bonds is 0. The van der Waals surface area contributed by atoms with Crippen molar-refractivity contribution in [2.75, 3.05) is 0 Å². The summed E-state index contributed by atoms with van der Waals surface area (Å²) in [4.78, 5) is 4.06. The van der Waals surface area contributed by atoms with E-state index in [1.165, 1.54) is 6.42 Å². The average molecular weight is 97.1 g/mol. The van der Waals surface area contributed by atoms with E-state index in [2.05, 4.69) is 4.99 Å². The highest BCUT2D eigenvalue weighted by Crippen LogP contribution is 2.23. The van der Waals surface area contributed by atoms with Gasteiger partial charge in [-0.2, -0.15) is 0 Å². The van der Waals surface area contributed by atoms with Crippen molar-refractivity contribution >= 4 is 6.21 Å². The van der Waals surface area contributed by atoms with Crippen molar-refractivity contribution in [1.82, 2.24) is 0 Å². The minimum absolute atomic E-state index is 0.241. The highest BCUT2D eigenvalue weighted by atomic mass is 16.5. The summed E-state index contributed by atoms with van der Waals surface area (Å²) in [6.45, 7) is 0. The Balaban J connectivity index is 2.27. The average Bonchev–Trinajstić information content (AvgIpc) is 2.22. The van der Waals surface area contributed by atoms with Gasteiger partial charge in [-0.15, -0.1) is 0 Å². The molecule has 2 aliphatic rings. The van der Waals surface area contributed by atoms with Gasteiger partial charge in [-0.05, 0) is 12.8 Å². The smallest absolute Gasteiger partial charge is 0.148 e. The largest absolute Gasteiger partial charge is 0.348 e. The first kappa shape index (κ1) is 3.61. The zero-order valence-corrected chi connectivity index (χ0v) is 4.00. The maximum Gasteiger partial charge on any atom is 0.148 e. The Morgan fingerprint density at radius 2 is 2.57 bits per heavy atom. The summed E-state index contributed by atoms with van der Waals surface area (Å²) < 4.78 is 5.25. The van der Waals surface area contributed by atoms with E-state index in [9.17, 15) is 0 Å². The van der Waals surface area contributed by atoms with Crippen molar-refractivity contribution in [3.63, 3.8) is 0 Å². The van der Waals surface area contributed by atoms with Crippen LogP contribution in [0.25, 0.3) is 0 Å². The molecule has 2 heterocycles. The molecule has 0 spiro atoms. The van der Waals surface area contributed by atoms with Crippen LogP contribution in [0, 0.1) is 0 Å². The Kier molecular flexibility index (Phi) is 0.551. The first-order chi connectivity index (χ1) is 3.45. The summed E-state index contributed by atoms with van der Waals surface area (Å²) in [7, 11) is 0. The van der Waals surface area contributed by atoms with Gasteiger partial charge in [0.15, 0.2) is 0 Å². The lowest BCUT2D eigenvalue weighted by molar-refractivity contribution is 0.110. The molecule has 2 nitrogen and oxygen atoms in total. The second-order valence-corrected chi connectivity index (χ2v) is 2.00. The minimum Gasteiger partial charge on any atom is -0.348 e. The van der Waals surface area contributed by atoms with Gasteiger partial charge in [0.1, 0.15) is 6.23 Å². The van der Waals surface area contributed by atoms with Crippen molar-refractivity contribution in [3.05, 3.63) is 0 Å². The molecule has 1 fully saturated rings. The third-order valence-corrected chi connectivity index (χ3v) is 1.45. The zero-order chi connectivity index (χ0) is 4.69. The Bertz CT molecular complexity index is 98.6. The Hall–Kier alpha value is -0.370. The fraction of sp³-hybridized carbons (Fsp3) is 0.800. The van der Waals surface area contributed by atoms with Crippen LogP contribution in [0.2, 0.25) is 0 Å². The summed E-state index contributed by atoms with van der Waals surface area (Å²) in [6.07, 6.45) is 4.86. The van der Waals surface area contributed by atoms with Gasteiger partial charge in [0.05, 0.1) is 6.10 Å². The summed E-state index contributed by atoms with van der Waals surface area (Å²) >= 11 is 0. The van der Waals surface area contributed by atoms with Crippen LogP contribution in [-0.2, 0) is 4.74 Å². The standard InChI is InChI=1S/C5H7NO/c1-2-5-6-3-4(1)7-5/h3-5H,1-2H2. The quantitative estimate of drug-likeness (QED) is 0.433. The number of fused-ring (bicyclic) bond motifs is 2. The predicted molar refractivity (Wildman–Crippen MR) is 26.4 cm³/mol. The van der Waals surface area contributed by atoms with Gasteiger partial charge in [0.25, 0.3) is 0 Å². The van der Waals surface area contributed by atoms with Gasteiger partial charge in [-0.3, -0.25) is 4.99 Å². The molecule has 0 saturated carbocycles. The van der Waals surface area contributed by atoms with Crippen molar-refractivity contribution < 1.29 is 4.74 Å². The molecule has 0 radical (unpaired) electrons. The second-order valence-electron chi connectivity index (χ2n) is 2.00. The Morgan fingerprint density at radius 1 is 1.57 bits per heavy atom. The molecule has 7 heavy (non-hydrogen) atoms. The third-order valence-electron chi connectivity index (χ3n) is 1.45. The lowest BCUT2D eigenvalue weighted by Crippen LogP contribution is -2.00. The third kappa shape index (κ3) is 0.399. The van der Waals surface area contributed by atoms with E-state index in [4.69, 9.17) is 4.74 Å². The maximum absolute atomic E-state index is 5.25. The lowest BCUT2D eigenvalue weighted by atomic mass is 10.2. The van der Waals surface area contributed by atoms with Crippen molar-refractivity contribution in [3.8, 4) is 0 Å². The van der Waals surface area contributed by atoms with E-state index in [1.54, 1.807) is 0 Å². The van der Waals surface area contributed by atoms with Crippen molar-refractivity contribution in [2.45, 2.75) is 25.2 Å². The fourth-order valence-corrected chi connectivity index (χ4v) is 1.06. The van der Waals surface area contributed by atoms with E-state index in [0.717, 1.165) is 6.42 Å². The highest BCUT2D eigenvalue weighted by Gasteiger charge is 2.27. The van der Waals surface area contributed by atoms with Gasteiger partial charge >= 0.3 is 0 Å². The second kappa shape index (κ2) is 1.07. The number of ether oxygens (including phenoxy) is 1. The topological polar surface area (TPSA) is 21.6 Å². The molecule has 2 bridgehead atoms. The monoisotopic (exact) mass is 97.1 g/mol. The predicted octanol–water partition coefficient (Wildman–Crippen LogP) is 0.576. The maximum atomic E-state index is 5.25. The number of aliphatic imine (C=N–C) groups is 1. The van der Waals surface area contributed by atoms with Gasteiger partial charge in [0.2, 0.25) is 0 Å². The van der Waals surface area contributed by atoms with Crippen LogP contribution in [0.4, 0.5) is 0 Å². The van der Waals surface area contributed by atoms with E-state index in [0.29, 0.717) is 6.10 Å². The fourth-order valence-electron chi connectivity index (χ4n) is 1.06. The lowest BCUT2D eigenvalue weighted by Gasteiger charge is -1.92. The number of hydrogen-bond donors (Lipinski definition) is 0. The molecular formula is C5H7NO. The van der Waals surface area contributed by atoms with Crippen molar-refractivity contribution in [2.24, 2.45) is 4.99 Å². The van der Waals surface area contributed by atoms with Gasteiger partial charge in [0, 0.05) is 6.21 Å². The summed E-state index contributed by atoms with van der Waals surface area (Å²) in [5, 5.41) is 0. The van der Waals surface area contributed by atoms with Crippen LogP contribution in [0.5, 0.6) is 0 Å². The zero-order valence-electron chi connectivity index (χ0n) is 4.00. The van der Waals surface area contributed by atoms with Crippen LogP contribution < -0.4 is 0 Å². The molecule has 0 aromatic heterocycles. The highest BCUT2D eigenvalue weighted by molar-refractivity contribution is 5.65. The molecule has 2 aliphatic heterocycles. The molecule has 0 aromatic rings. The van der Waals surface area contributed by atoms with Crippen molar-refractivity contribution in [1.29, 1.82) is 0 Å². The normalized spacial score (nSPS) is 45.7. The van der Waals surface area contributed by atoms with Gasteiger partial charge < -0.3 is 4.74 Å². The molecule has 38 valence electrons. The van der Waals surface area contributed by atoms with E-state index in [1.807, 2.05) is 6.21 Å². The summed E-state index contributed by atoms with van der Waals surface area (Å²) in [5.74, 6) is 0. The number of nitrogens with zero attached hydrogens (tertiary/aromatic N) is 1. The summed E-state index contributed by atoms with van der Waals surface area (Å²) in [5.41, 5.74) is 0. The van der Waals surface area contributed by atoms with E-state index < -0.39 is 0 Å². The molecule has 0 amide bonds. The minimum atomic E-state index is 0.241. The van der Waals surface area contributed by atoms with Crippen LogP contribution >= 0.6 is 0 Å². The SMILES string of the molecule is C1=NC2CCC1O2. The van der Waals surface area contributed by atoms with Gasteiger partial charge in [-0.25, -0.2) is 0 Å². The molecule has 2 heteroatoms. The molecule has 2 atom stereocenters. The Morgan fingerprint density at radius 3 is 2.71 bits per heavy atom. The molecule has 0 aromatic carbocycles. The van der Waals surface area contributed by atoms with Crippen LogP contribution in [-0.4, -0.2) is 18.5 Å². The molecule has 0 aliphatic carbocycles. The Labute approximate surface area is 42.2 Å². The number of hydrogen-bond acceptors (Lipinski definition) is 2. The molecule has 1 saturated heterocycles.